The van der Waals surface area contributed by atoms with E-state index in [4.69, 9.17) is 9.84 Å². The molecule has 1 saturated heterocycles. The van der Waals surface area contributed by atoms with Crippen LogP contribution in [0.2, 0.25) is 0 Å². The Morgan fingerprint density at radius 1 is 0.907 bits per heavy atom. The smallest absolute Gasteiger partial charge is 0.229 e. The van der Waals surface area contributed by atoms with Gasteiger partial charge in [0.2, 0.25) is 5.91 Å². The second kappa shape index (κ2) is 27.2. The van der Waals surface area contributed by atoms with Crippen molar-refractivity contribution in [1.29, 1.82) is 0 Å². The van der Waals surface area contributed by atoms with Crippen LogP contribution in [0.3, 0.4) is 0 Å². The number of aliphatic hydroxyl groups excluding tert-OH is 1. The summed E-state index contributed by atoms with van der Waals surface area (Å²) in [4.78, 5) is 13.9. The predicted octanol–water partition coefficient (Wildman–Crippen LogP) is 10.5. The van der Waals surface area contributed by atoms with Gasteiger partial charge in [0.1, 0.15) is 18.2 Å². The Hall–Kier alpha value is -3.70. The maximum atomic E-state index is 12.3. The monoisotopic (exact) mass is 593 g/mol. The number of rotatable bonds is 8. The van der Waals surface area contributed by atoms with Crippen LogP contribution in [-0.2, 0) is 17.8 Å². The maximum Gasteiger partial charge on any atom is 0.229 e. The molecule has 0 aromatic heterocycles. The van der Waals surface area contributed by atoms with E-state index in [0.29, 0.717) is 19.4 Å². The van der Waals surface area contributed by atoms with E-state index in [-0.39, 0.29) is 24.4 Å². The normalized spacial score (nSPS) is 12.8. The highest BCUT2D eigenvalue weighted by Crippen LogP contribution is 2.39. The number of halogens is 1. The lowest BCUT2D eigenvalue weighted by Crippen LogP contribution is -2.45. The van der Waals surface area contributed by atoms with Gasteiger partial charge in [-0.3, -0.25) is 4.79 Å². The van der Waals surface area contributed by atoms with E-state index in [0.717, 1.165) is 34.6 Å². The molecular weight excluding hydrogens is 537 g/mol. The van der Waals surface area contributed by atoms with Crippen LogP contribution >= 0.6 is 0 Å². The molecule has 0 spiro atoms. The highest BCUT2D eigenvalue weighted by Gasteiger charge is 2.38. The molecule has 1 aliphatic heterocycles. The van der Waals surface area contributed by atoms with Crippen molar-refractivity contribution >= 4 is 5.91 Å². The Balaban J connectivity index is 0. The fraction of sp³-hybridized carbons (Fsp3) is 0.395. The van der Waals surface area contributed by atoms with Gasteiger partial charge in [-0.15, -0.1) is 6.58 Å². The molecule has 3 aromatic rings. The van der Waals surface area contributed by atoms with Gasteiger partial charge in [0.25, 0.3) is 0 Å². The number of benzene rings is 3. The first kappa shape index (κ1) is 41.4. The van der Waals surface area contributed by atoms with Crippen molar-refractivity contribution in [2.24, 2.45) is 0 Å². The number of carbonyl (C=O) groups excluding carboxylic acids is 1. The molecule has 0 radical (unpaired) electrons. The second-order valence-corrected chi connectivity index (χ2v) is 8.47. The number of aliphatic hydroxyl groups is 1. The number of allylic oxidation sites excluding steroid dienone is 3. The fourth-order valence-electron chi connectivity index (χ4n) is 3.86. The van der Waals surface area contributed by atoms with Crippen molar-refractivity contribution in [3.05, 3.63) is 126 Å². The molecule has 0 unspecified atom stereocenters. The summed E-state index contributed by atoms with van der Waals surface area (Å²) in [5, 5.41) is 8.50. The molecule has 0 bridgehead atoms. The van der Waals surface area contributed by atoms with Crippen LogP contribution in [0.15, 0.2) is 103 Å². The molecule has 0 aliphatic carbocycles. The van der Waals surface area contributed by atoms with Crippen LogP contribution in [0.5, 0.6) is 5.75 Å². The average molecular weight is 594 g/mol. The third kappa shape index (κ3) is 15.9. The molecule has 43 heavy (non-hydrogen) atoms. The zero-order chi connectivity index (χ0) is 33.0. The number of likely N-dealkylation sites (tertiary alicyclic amines) is 1. The predicted molar refractivity (Wildman–Crippen MR) is 183 cm³/mol. The summed E-state index contributed by atoms with van der Waals surface area (Å²) in [7, 11) is 0. The number of ether oxygens (including phenoxy) is 1. The molecule has 4 nitrogen and oxygen atoms in total. The number of hydrogen-bond acceptors (Lipinski definition) is 3. The van der Waals surface area contributed by atoms with Crippen molar-refractivity contribution in [2.45, 2.75) is 94.2 Å². The molecule has 238 valence electrons. The quantitative estimate of drug-likeness (QED) is 0.209. The van der Waals surface area contributed by atoms with E-state index < -0.39 is 0 Å². The lowest BCUT2D eigenvalue weighted by Gasteiger charge is -2.42. The fourth-order valence-corrected chi connectivity index (χ4v) is 3.86. The van der Waals surface area contributed by atoms with E-state index in [1.54, 1.807) is 18.2 Å². The highest BCUT2D eigenvalue weighted by molar-refractivity contribution is 5.85. The topological polar surface area (TPSA) is 49.8 Å². The van der Waals surface area contributed by atoms with Crippen LogP contribution in [-0.4, -0.2) is 22.5 Å². The summed E-state index contributed by atoms with van der Waals surface area (Å²) in [6, 6.07) is 24.5. The molecular formula is C38H56FNO3. The standard InChI is InChI=1S/C21H23NO2.C8H9FO.C3H6.3C2H6/c1-3-18(4-2)22-20(14-21(22)23)17-10-12-19(13-11-17)24-15-16-8-6-5-7-9-16;9-8-3-1-7(2-4-8)5-6-10;1-3-2;3*1-2/h3,5-13,20H,4,14-15H2,1-2H3;1-4,10H,5-6H2;3H,1H2,2H3;3*1-2H3/b18-3+;;;;;/t20-;;;;;/m0...../s1. The number of β-lactam (4-membered cyclic amide) rings is 1. The van der Waals surface area contributed by atoms with E-state index in [1.165, 1.54) is 12.1 Å². The first-order valence-corrected chi connectivity index (χ1v) is 15.6. The summed E-state index contributed by atoms with van der Waals surface area (Å²) in [5.41, 5.74) is 4.37. The van der Waals surface area contributed by atoms with Crippen LogP contribution in [0.25, 0.3) is 0 Å². The summed E-state index contributed by atoms with van der Waals surface area (Å²) in [5.74, 6) is 0.822. The summed E-state index contributed by atoms with van der Waals surface area (Å²) >= 11 is 0. The SMILES string of the molecule is C/C=C(\CC)N1C(=O)C[C@H]1c1ccc(OCc2ccccc2)cc1.C=CC.CC.CC.CC.OCCc1ccc(F)cc1. The molecule has 3 aromatic carbocycles. The minimum absolute atomic E-state index is 0.117. The Morgan fingerprint density at radius 3 is 1.88 bits per heavy atom. The first-order valence-electron chi connectivity index (χ1n) is 15.6. The van der Waals surface area contributed by atoms with Crippen molar-refractivity contribution in [3.8, 4) is 5.75 Å². The van der Waals surface area contributed by atoms with Gasteiger partial charge >= 0.3 is 0 Å². The van der Waals surface area contributed by atoms with Crippen molar-refractivity contribution in [2.75, 3.05) is 6.61 Å². The van der Waals surface area contributed by atoms with Gasteiger partial charge < -0.3 is 14.7 Å². The number of carbonyl (C=O) groups is 1. The van der Waals surface area contributed by atoms with E-state index >= 15 is 0 Å². The molecule has 1 aliphatic rings. The molecule has 1 amide bonds. The number of hydrogen-bond donors (Lipinski definition) is 1. The van der Waals surface area contributed by atoms with Gasteiger partial charge in [-0.2, -0.15) is 0 Å². The lowest BCUT2D eigenvalue weighted by molar-refractivity contribution is -0.143. The zero-order valence-electron chi connectivity index (χ0n) is 28.1. The maximum absolute atomic E-state index is 12.3. The zero-order valence-corrected chi connectivity index (χ0v) is 28.1. The first-order chi connectivity index (χ1) is 21.0. The van der Waals surface area contributed by atoms with Crippen LogP contribution < -0.4 is 4.74 Å². The highest BCUT2D eigenvalue weighted by atomic mass is 19.1. The molecule has 1 atom stereocenters. The Kier molecular flexibility index (Phi) is 26.2. The largest absolute Gasteiger partial charge is 0.489 e. The van der Waals surface area contributed by atoms with Gasteiger partial charge in [0, 0.05) is 12.3 Å². The van der Waals surface area contributed by atoms with Gasteiger partial charge in [-0.25, -0.2) is 4.39 Å². The minimum atomic E-state index is -0.235. The summed E-state index contributed by atoms with van der Waals surface area (Å²) in [6.45, 7) is 22.0. The van der Waals surface area contributed by atoms with Crippen LogP contribution in [0, 0.1) is 5.82 Å². The molecule has 4 rings (SSSR count). The van der Waals surface area contributed by atoms with E-state index in [2.05, 4.69) is 37.8 Å². The summed E-state index contributed by atoms with van der Waals surface area (Å²) < 4.78 is 18.1. The third-order valence-electron chi connectivity index (χ3n) is 5.78. The van der Waals surface area contributed by atoms with Gasteiger partial charge in [-0.1, -0.05) is 115 Å². The molecule has 0 saturated carbocycles. The molecule has 1 fully saturated rings. The number of amides is 1. The molecule has 1 heterocycles. The van der Waals surface area contributed by atoms with E-state index in [9.17, 15) is 9.18 Å². The number of nitrogens with zero attached hydrogens (tertiary/aromatic N) is 1. The Labute approximate surface area is 261 Å². The van der Waals surface area contributed by atoms with E-state index in [1.807, 2.05) is 96.7 Å². The van der Waals surface area contributed by atoms with Crippen LogP contribution in [0.4, 0.5) is 4.39 Å². The Bertz CT molecular complexity index is 1110. The Morgan fingerprint density at radius 2 is 1.44 bits per heavy atom. The molecule has 5 heteroatoms. The van der Waals surface area contributed by atoms with Gasteiger partial charge in [0.15, 0.2) is 0 Å². The van der Waals surface area contributed by atoms with Crippen molar-refractivity contribution in [3.63, 3.8) is 0 Å². The minimum Gasteiger partial charge on any atom is -0.489 e. The average Bonchev–Trinajstić information content (AvgIpc) is 3.07. The summed E-state index contributed by atoms with van der Waals surface area (Å²) in [6.07, 6.45) is 5.83. The van der Waals surface area contributed by atoms with Crippen LogP contribution in [0.1, 0.15) is 97.9 Å². The third-order valence-corrected chi connectivity index (χ3v) is 5.78. The van der Waals surface area contributed by atoms with Gasteiger partial charge in [-0.05, 0) is 67.6 Å². The molecule has 1 N–H and O–H groups in total. The lowest BCUT2D eigenvalue weighted by atomic mass is 9.92. The van der Waals surface area contributed by atoms with Crippen molar-refractivity contribution in [1.82, 2.24) is 4.90 Å². The van der Waals surface area contributed by atoms with Gasteiger partial charge in [0.05, 0.1) is 12.5 Å². The second-order valence-electron chi connectivity index (χ2n) is 8.47. The van der Waals surface area contributed by atoms with Crippen molar-refractivity contribution < 1.29 is 19.0 Å².